The molecule has 2 saturated heterocycles. The molecule has 2 fully saturated rings. The number of hydrogen-bond acceptors (Lipinski definition) is 4. The molecular weight excluding hydrogens is 465 g/mol. The number of nitrogens with one attached hydrogen (secondary N) is 2. The molecule has 0 bridgehead atoms. The third kappa shape index (κ3) is 5.51. The van der Waals surface area contributed by atoms with Crippen LogP contribution in [0, 0.1) is 0 Å². The Balaban J connectivity index is 1.37. The van der Waals surface area contributed by atoms with Gasteiger partial charge >= 0.3 is 6.03 Å². The summed E-state index contributed by atoms with van der Waals surface area (Å²) in [7, 11) is 0. The average Bonchev–Trinajstić information content (AvgIpc) is 2.83. The van der Waals surface area contributed by atoms with Gasteiger partial charge in [-0.3, -0.25) is 9.59 Å². The highest BCUT2D eigenvalue weighted by Gasteiger charge is 2.36. The molecule has 0 radical (unpaired) electrons. The Morgan fingerprint density at radius 3 is 2.39 bits per heavy atom. The molecule has 2 heterocycles. The topological polar surface area (TPSA) is 85.0 Å². The Morgan fingerprint density at radius 2 is 1.70 bits per heavy atom. The van der Waals surface area contributed by atoms with E-state index in [1.165, 1.54) is 11.0 Å². The first-order valence-electron chi connectivity index (χ1n) is 10.8. The van der Waals surface area contributed by atoms with Gasteiger partial charge in [-0.1, -0.05) is 41.4 Å². The standard InChI is InChI=1S/C23H25Cl2N5O3/c24-18-7-6-16(14-19(18)25)27-23(33)30-9-8-26-22(32)20(30)15-21(31)29-12-10-28(11-13-29)17-4-2-1-3-5-17/h1-7,14,20H,8-13,15H2,(H,26,32)(H,27,33)/t20-/m1/s1. The largest absolute Gasteiger partial charge is 0.368 e. The van der Waals surface area contributed by atoms with Crippen molar-refractivity contribution in [3.8, 4) is 0 Å². The van der Waals surface area contributed by atoms with E-state index in [-0.39, 0.29) is 18.2 Å². The van der Waals surface area contributed by atoms with Crippen LogP contribution in [0.1, 0.15) is 6.42 Å². The van der Waals surface area contributed by atoms with Crippen LogP contribution in [0.25, 0.3) is 0 Å². The summed E-state index contributed by atoms with van der Waals surface area (Å²) in [6, 6.07) is 13.5. The highest BCUT2D eigenvalue weighted by molar-refractivity contribution is 6.42. The van der Waals surface area contributed by atoms with Gasteiger partial charge in [-0.25, -0.2) is 4.79 Å². The summed E-state index contributed by atoms with van der Waals surface area (Å²) in [5, 5.41) is 6.19. The molecule has 0 spiro atoms. The second-order valence-corrected chi connectivity index (χ2v) is 8.78. The minimum atomic E-state index is -0.874. The van der Waals surface area contributed by atoms with Crippen LogP contribution in [0.5, 0.6) is 0 Å². The summed E-state index contributed by atoms with van der Waals surface area (Å²) in [5.74, 6) is -0.473. The second kappa shape index (κ2) is 10.3. The number of para-hydroxylation sites is 1. The molecule has 2 aromatic carbocycles. The Labute approximate surface area is 202 Å². The van der Waals surface area contributed by atoms with Crippen molar-refractivity contribution < 1.29 is 14.4 Å². The lowest BCUT2D eigenvalue weighted by Crippen LogP contribution is -2.60. The van der Waals surface area contributed by atoms with E-state index in [4.69, 9.17) is 23.2 Å². The maximum Gasteiger partial charge on any atom is 0.322 e. The fraction of sp³-hybridized carbons (Fsp3) is 0.348. The van der Waals surface area contributed by atoms with Gasteiger partial charge in [0.05, 0.1) is 16.5 Å². The van der Waals surface area contributed by atoms with Crippen molar-refractivity contribution in [1.29, 1.82) is 0 Å². The molecule has 10 heteroatoms. The van der Waals surface area contributed by atoms with Crippen molar-refractivity contribution in [3.63, 3.8) is 0 Å². The van der Waals surface area contributed by atoms with E-state index in [1.54, 1.807) is 17.0 Å². The first-order valence-corrected chi connectivity index (χ1v) is 11.6. The van der Waals surface area contributed by atoms with Crippen LogP contribution in [0.15, 0.2) is 48.5 Å². The summed E-state index contributed by atoms with van der Waals surface area (Å²) in [4.78, 5) is 43.9. The number of rotatable bonds is 4. The van der Waals surface area contributed by atoms with Gasteiger partial charge in [-0.2, -0.15) is 0 Å². The van der Waals surface area contributed by atoms with Crippen LogP contribution in [0.2, 0.25) is 10.0 Å². The zero-order valence-electron chi connectivity index (χ0n) is 18.0. The third-order valence-corrected chi connectivity index (χ3v) is 6.62. The zero-order valence-corrected chi connectivity index (χ0v) is 19.5. The first-order chi connectivity index (χ1) is 15.9. The van der Waals surface area contributed by atoms with Crippen LogP contribution in [-0.2, 0) is 9.59 Å². The number of hydrogen-bond donors (Lipinski definition) is 2. The molecule has 4 rings (SSSR count). The average molecular weight is 490 g/mol. The Hall–Kier alpha value is -2.97. The summed E-state index contributed by atoms with van der Waals surface area (Å²) >= 11 is 12.0. The van der Waals surface area contributed by atoms with E-state index in [9.17, 15) is 14.4 Å². The van der Waals surface area contributed by atoms with E-state index in [0.717, 1.165) is 5.69 Å². The molecule has 0 unspecified atom stereocenters. The Kier molecular flexibility index (Phi) is 7.25. The molecule has 2 aromatic rings. The van der Waals surface area contributed by atoms with Crippen LogP contribution in [0.3, 0.4) is 0 Å². The van der Waals surface area contributed by atoms with Gasteiger partial charge in [0.2, 0.25) is 11.8 Å². The molecule has 0 saturated carbocycles. The molecular formula is C23H25Cl2N5O3. The van der Waals surface area contributed by atoms with E-state index in [0.29, 0.717) is 55.0 Å². The van der Waals surface area contributed by atoms with Gasteiger partial charge in [0.15, 0.2) is 0 Å². The van der Waals surface area contributed by atoms with Crippen molar-refractivity contribution in [3.05, 3.63) is 58.6 Å². The fourth-order valence-corrected chi connectivity index (χ4v) is 4.38. The number of carbonyl (C=O) groups excluding carboxylic acids is 3. The molecule has 33 heavy (non-hydrogen) atoms. The SMILES string of the molecule is O=C1NCCN(C(=O)Nc2ccc(Cl)c(Cl)c2)[C@@H]1CC(=O)N1CCN(c2ccccc2)CC1. The number of urea groups is 1. The quantitative estimate of drug-likeness (QED) is 0.690. The van der Waals surface area contributed by atoms with Gasteiger partial charge in [0, 0.05) is 50.6 Å². The molecule has 174 valence electrons. The molecule has 8 nitrogen and oxygen atoms in total. The second-order valence-electron chi connectivity index (χ2n) is 7.97. The van der Waals surface area contributed by atoms with E-state index in [1.807, 2.05) is 30.3 Å². The zero-order chi connectivity index (χ0) is 23.4. The van der Waals surface area contributed by atoms with Crippen LogP contribution in [-0.4, -0.2) is 73.0 Å². The molecule has 0 aromatic heterocycles. The van der Waals surface area contributed by atoms with E-state index in [2.05, 4.69) is 15.5 Å². The fourth-order valence-electron chi connectivity index (χ4n) is 4.08. The predicted molar refractivity (Wildman–Crippen MR) is 129 cm³/mol. The van der Waals surface area contributed by atoms with Gasteiger partial charge in [-0.15, -0.1) is 0 Å². The summed E-state index contributed by atoms with van der Waals surface area (Å²) in [5.41, 5.74) is 1.59. The minimum absolute atomic E-state index is 0.0635. The highest BCUT2D eigenvalue weighted by atomic mass is 35.5. The minimum Gasteiger partial charge on any atom is -0.368 e. The van der Waals surface area contributed by atoms with Crippen molar-refractivity contribution in [2.45, 2.75) is 12.5 Å². The van der Waals surface area contributed by atoms with Crippen molar-refractivity contribution in [1.82, 2.24) is 15.1 Å². The molecule has 2 N–H and O–H groups in total. The lowest BCUT2D eigenvalue weighted by molar-refractivity contribution is -0.137. The maximum absolute atomic E-state index is 13.0. The van der Waals surface area contributed by atoms with Gasteiger partial charge in [-0.05, 0) is 30.3 Å². The number of halogens is 2. The predicted octanol–water partition coefficient (Wildman–Crippen LogP) is 3.06. The summed E-state index contributed by atoms with van der Waals surface area (Å²) in [6.45, 7) is 3.20. The first kappa shape index (κ1) is 23.2. The number of benzene rings is 2. The molecule has 2 aliphatic heterocycles. The maximum atomic E-state index is 13.0. The molecule has 4 amide bonds. The van der Waals surface area contributed by atoms with Gasteiger partial charge < -0.3 is 25.3 Å². The van der Waals surface area contributed by atoms with E-state index >= 15 is 0 Å². The van der Waals surface area contributed by atoms with E-state index < -0.39 is 12.1 Å². The Morgan fingerprint density at radius 1 is 0.970 bits per heavy atom. The highest BCUT2D eigenvalue weighted by Crippen LogP contribution is 2.25. The number of piperazine rings is 2. The van der Waals surface area contributed by atoms with Gasteiger partial charge in [0.1, 0.15) is 6.04 Å². The van der Waals surface area contributed by atoms with Crippen LogP contribution < -0.4 is 15.5 Å². The van der Waals surface area contributed by atoms with Crippen molar-refractivity contribution in [2.75, 3.05) is 49.5 Å². The third-order valence-electron chi connectivity index (χ3n) is 5.88. The Bertz CT molecular complexity index is 1030. The summed E-state index contributed by atoms with van der Waals surface area (Å²) in [6.07, 6.45) is -0.0635. The smallest absolute Gasteiger partial charge is 0.322 e. The molecule has 1 atom stereocenters. The van der Waals surface area contributed by atoms with Crippen LogP contribution in [0.4, 0.5) is 16.2 Å². The lowest BCUT2D eigenvalue weighted by atomic mass is 10.1. The normalized spacial score (nSPS) is 18.7. The molecule has 0 aliphatic carbocycles. The van der Waals surface area contributed by atoms with Crippen LogP contribution >= 0.6 is 23.2 Å². The molecule has 2 aliphatic rings. The summed E-state index contributed by atoms with van der Waals surface area (Å²) < 4.78 is 0. The van der Waals surface area contributed by atoms with Crippen molar-refractivity contribution >= 4 is 52.4 Å². The number of anilines is 2. The van der Waals surface area contributed by atoms with Crippen molar-refractivity contribution in [2.24, 2.45) is 0 Å². The van der Waals surface area contributed by atoms with Gasteiger partial charge in [0.25, 0.3) is 0 Å². The number of amides is 4. The lowest BCUT2D eigenvalue weighted by Gasteiger charge is -2.38. The number of carbonyl (C=O) groups is 3. The monoisotopic (exact) mass is 489 g/mol. The number of nitrogens with zero attached hydrogens (tertiary/aromatic N) is 3.